The largest absolute Gasteiger partial charge is 0.493 e. The van der Waals surface area contributed by atoms with Crippen LogP contribution in [0.1, 0.15) is 52.5 Å². The fraction of sp³-hybridized carbons (Fsp3) is 0.538. The maximum Gasteiger partial charge on any atom is 0.302 e. The second-order valence-corrected chi connectivity index (χ2v) is 14.6. The maximum atomic E-state index is 11.5. The first kappa shape index (κ1) is 26.9. The molecule has 0 bridgehead atoms. The molecule has 0 spiro atoms. The van der Waals surface area contributed by atoms with E-state index in [1.807, 2.05) is 30.6 Å². The summed E-state index contributed by atoms with van der Waals surface area (Å²) in [6, 6.07) is 7.96. The van der Waals surface area contributed by atoms with E-state index < -0.39 is 8.32 Å². The number of nitrogens with zero attached hydrogens (tertiary/aromatic N) is 1. The lowest BCUT2D eigenvalue weighted by Crippen LogP contribution is -2.42. The highest BCUT2D eigenvalue weighted by Gasteiger charge is 2.37. The van der Waals surface area contributed by atoms with Gasteiger partial charge in [-0.1, -0.05) is 33.8 Å². The van der Waals surface area contributed by atoms with Gasteiger partial charge in [-0.2, -0.15) is 0 Å². The Hall–Kier alpha value is -2.38. The molecule has 33 heavy (non-hydrogen) atoms. The van der Waals surface area contributed by atoms with Crippen molar-refractivity contribution < 1.29 is 23.4 Å². The number of hydrogen-bond donors (Lipinski definition) is 0. The van der Waals surface area contributed by atoms with Crippen molar-refractivity contribution in [2.45, 2.75) is 65.1 Å². The zero-order valence-electron chi connectivity index (χ0n) is 21.4. The first-order valence-corrected chi connectivity index (χ1v) is 14.4. The predicted molar refractivity (Wildman–Crippen MR) is 135 cm³/mol. The van der Waals surface area contributed by atoms with Crippen LogP contribution < -0.4 is 9.47 Å². The smallest absolute Gasteiger partial charge is 0.302 e. The molecule has 7 heteroatoms. The number of ether oxygens (including phenoxy) is 3. The lowest BCUT2D eigenvalue weighted by atomic mass is 9.98. The number of esters is 1. The molecule has 1 heterocycles. The van der Waals surface area contributed by atoms with Gasteiger partial charge in [0.05, 0.1) is 13.7 Å². The van der Waals surface area contributed by atoms with Gasteiger partial charge in [0.15, 0.2) is 19.8 Å². The van der Waals surface area contributed by atoms with Crippen LogP contribution in [0.5, 0.6) is 11.5 Å². The molecule has 1 aromatic carbocycles. The van der Waals surface area contributed by atoms with E-state index in [1.165, 1.54) is 6.92 Å². The van der Waals surface area contributed by atoms with Crippen LogP contribution in [0.4, 0.5) is 0 Å². The van der Waals surface area contributed by atoms with E-state index in [0.29, 0.717) is 24.7 Å². The fourth-order valence-electron chi connectivity index (χ4n) is 3.00. The normalized spacial score (nSPS) is 12.8. The summed E-state index contributed by atoms with van der Waals surface area (Å²) in [5.41, 5.74) is 2.91. The highest BCUT2D eigenvalue weighted by atomic mass is 28.4. The van der Waals surface area contributed by atoms with Crippen LogP contribution in [0, 0.1) is 0 Å². The van der Waals surface area contributed by atoms with E-state index in [1.54, 1.807) is 7.11 Å². The van der Waals surface area contributed by atoms with E-state index >= 15 is 0 Å². The molecule has 0 aliphatic rings. The molecule has 0 saturated carbocycles. The SMILES string of the molecule is CCCOc1cc(-c2cncc([C@@H](COC(C)=O)CO[Si](C)(C)C(C)(C)C)c2)ccc1OC. The van der Waals surface area contributed by atoms with Gasteiger partial charge in [0.2, 0.25) is 0 Å². The van der Waals surface area contributed by atoms with Crippen molar-refractivity contribution in [1.29, 1.82) is 0 Å². The molecule has 1 atom stereocenters. The molecule has 0 amide bonds. The minimum atomic E-state index is -1.96. The number of methoxy groups -OCH3 is 1. The van der Waals surface area contributed by atoms with E-state index in [9.17, 15) is 4.79 Å². The molecule has 0 fully saturated rings. The standard InChI is InChI=1S/C26H39NO5Si/c1-9-12-30-25-14-20(10-11-24(25)29-6)21-13-22(16-27-15-21)23(17-31-19(2)28)18-32-33(7,8)26(3,4)5/h10-11,13-16,23H,9,12,17-18H2,1-8H3/t23-/m0/s1. The maximum absolute atomic E-state index is 11.5. The summed E-state index contributed by atoms with van der Waals surface area (Å²) < 4.78 is 23.2. The number of benzene rings is 1. The van der Waals surface area contributed by atoms with Crippen molar-refractivity contribution in [3.05, 3.63) is 42.2 Å². The second kappa shape index (κ2) is 11.7. The molecular formula is C26H39NO5Si. The Bertz CT molecular complexity index is 923. The monoisotopic (exact) mass is 473 g/mol. The Morgan fingerprint density at radius 1 is 1.06 bits per heavy atom. The lowest BCUT2D eigenvalue weighted by molar-refractivity contribution is -0.141. The number of pyridine rings is 1. The number of rotatable bonds is 11. The Morgan fingerprint density at radius 2 is 1.79 bits per heavy atom. The number of aromatic nitrogens is 1. The summed E-state index contributed by atoms with van der Waals surface area (Å²) >= 11 is 0. The molecular weight excluding hydrogens is 434 g/mol. The average Bonchev–Trinajstić information content (AvgIpc) is 2.76. The van der Waals surface area contributed by atoms with E-state index in [0.717, 1.165) is 23.1 Å². The zero-order valence-corrected chi connectivity index (χ0v) is 22.4. The third kappa shape index (κ3) is 7.57. The van der Waals surface area contributed by atoms with Crippen LogP contribution in [0.15, 0.2) is 36.7 Å². The van der Waals surface area contributed by atoms with Crippen LogP contribution in [-0.4, -0.2) is 46.2 Å². The quantitative estimate of drug-likeness (QED) is 0.285. The van der Waals surface area contributed by atoms with Gasteiger partial charge in [0.1, 0.15) is 6.61 Å². The molecule has 1 aromatic heterocycles. The van der Waals surface area contributed by atoms with Gasteiger partial charge in [-0.25, -0.2) is 0 Å². The summed E-state index contributed by atoms with van der Waals surface area (Å²) in [4.78, 5) is 16.0. The van der Waals surface area contributed by atoms with Crippen molar-refractivity contribution in [2.75, 3.05) is 26.9 Å². The van der Waals surface area contributed by atoms with Gasteiger partial charge in [-0.15, -0.1) is 0 Å². The summed E-state index contributed by atoms with van der Waals surface area (Å²) in [5, 5.41) is 0.0943. The van der Waals surface area contributed by atoms with Crippen LogP contribution in [-0.2, 0) is 14.0 Å². The Morgan fingerprint density at radius 3 is 2.39 bits per heavy atom. The van der Waals surface area contributed by atoms with Crippen LogP contribution in [0.25, 0.3) is 11.1 Å². The van der Waals surface area contributed by atoms with E-state index in [2.05, 4.69) is 51.8 Å². The molecule has 182 valence electrons. The topological polar surface area (TPSA) is 66.9 Å². The third-order valence-corrected chi connectivity index (χ3v) is 10.6. The average molecular weight is 474 g/mol. The second-order valence-electron chi connectivity index (χ2n) is 9.79. The van der Waals surface area contributed by atoms with Crippen molar-refractivity contribution in [3.8, 4) is 22.6 Å². The fourth-order valence-corrected chi connectivity index (χ4v) is 4.05. The van der Waals surface area contributed by atoms with Gasteiger partial charge >= 0.3 is 5.97 Å². The van der Waals surface area contributed by atoms with Crippen LogP contribution in [0.3, 0.4) is 0 Å². The summed E-state index contributed by atoms with van der Waals surface area (Å²) in [7, 11) is -0.320. The van der Waals surface area contributed by atoms with Gasteiger partial charge in [-0.3, -0.25) is 9.78 Å². The predicted octanol–water partition coefficient (Wildman–Crippen LogP) is 6.21. The van der Waals surface area contributed by atoms with Gasteiger partial charge < -0.3 is 18.6 Å². The Kier molecular flexibility index (Phi) is 9.49. The molecule has 0 saturated heterocycles. The molecule has 0 aliphatic carbocycles. The molecule has 2 rings (SSSR count). The highest BCUT2D eigenvalue weighted by Crippen LogP contribution is 2.38. The molecule has 0 radical (unpaired) electrons. The molecule has 6 nitrogen and oxygen atoms in total. The van der Waals surface area contributed by atoms with Gasteiger partial charge in [-0.05, 0) is 53.9 Å². The number of carbonyl (C=O) groups is 1. The van der Waals surface area contributed by atoms with Crippen molar-refractivity contribution >= 4 is 14.3 Å². The van der Waals surface area contributed by atoms with Crippen molar-refractivity contribution in [1.82, 2.24) is 4.98 Å². The Balaban J connectivity index is 2.34. The summed E-state index contributed by atoms with van der Waals surface area (Å²) in [6.07, 6.45) is 4.56. The molecule has 2 aromatic rings. The van der Waals surface area contributed by atoms with E-state index in [4.69, 9.17) is 18.6 Å². The van der Waals surface area contributed by atoms with Gasteiger partial charge in [0, 0.05) is 37.4 Å². The minimum Gasteiger partial charge on any atom is -0.493 e. The van der Waals surface area contributed by atoms with Gasteiger partial charge in [0.25, 0.3) is 0 Å². The minimum absolute atomic E-state index is 0.0943. The zero-order chi connectivity index (χ0) is 24.6. The Labute approximate surface area is 199 Å². The first-order chi connectivity index (χ1) is 15.5. The first-order valence-electron chi connectivity index (χ1n) is 11.5. The van der Waals surface area contributed by atoms with Crippen molar-refractivity contribution in [2.24, 2.45) is 0 Å². The lowest BCUT2D eigenvalue weighted by Gasteiger charge is -2.37. The molecule has 0 unspecified atom stereocenters. The summed E-state index contributed by atoms with van der Waals surface area (Å²) in [6.45, 7) is 15.9. The molecule has 0 aliphatic heterocycles. The number of carbonyl (C=O) groups excluding carboxylic acids is 1. The van der Waals surface area contributed by atoms with Crippen LogP contribution in [0.2, 0.25) is 18.1 Å². The third-order valence-electron chi connectivity index (χ3n) is 6.13. The molecule has 0 N–H and O–H groups in total. The van der Waals surface area contributed by atoms with Crippen LogP contribution >= 0.6 is 0 Å². The van der Waals surface area contributed by atoms with Crippen molar-refractivity contribution in [3.63, 3.8) is 0 Å². The number of hydrogen-bond acceptors (Lipinski definition) is 6. The highest BCUT2D eigenvalue weighted by molar-refractivity contribution is 6.74. The summed E-state index contributed by atoms with van der Waals surface area (Å²) in [5.74, 6) is 1.00. The van der Waals surface area contributed by atoms with E-state index in [-0.39, 0.29) is 23.5 Å².